The second kappa shape index (κ2) is 7.17. The van der Waals surface area contributed by atoms with Gasteiger partial charge in [-0.2, -0.15) is 0 Å². The predicted molar refractivity (Wildman–Crippen MR) is 91.9 cm³/mol. The fraction of sp³-hybridized carbons (Fsp3) is 0.263. The van der Waals surface area contributed by atoms with Crippen LogP contribution in [0.15, 0.2) is 42.5 Å². The van der Waals surface area contributed by atoms with Gasteiger partial charge in [-0.15, -0.1) is 0 Å². The first-order valence-electron chi connectivity index (χ1n) is 7.98. The van der Waals surface area contributed by atoms with Crippen LogP contribution in [0.4, 0.5) is 5.69 Å². The summed E-state index contributed by atoms with van der Waals surface area (Å²) in [4.78, 5) is 23.7. The van der Waals surface area contributed by atoms with Gasteiger partial charge >= 0.3 is 0 Å². The molecule has 0 saturated heterocycles. The molecule has 3 rings (SSSR count). The van der Waals surface area contributed by atoms with Crippen LogP contribution in [-0.4, -0.2) is 18.4 Å². The minimum atomic E-state index is -0.0743. The molecule has 2 aromatic carbocycles. The van der Waals surface area contributed by atoms with Crippen LogP contribution in [-0.2, 0) is 22.6 Å². The zero-order valence-electron chi connectivity index (χ0n) is 13.6. The summed E-state index contributed by atoms with van der Waals surface area (Å²) in [5, 5.41) is 5.72. The highest BCUT2D eigenvalue weighted by atomic mass is 16.5. The average molecular weight is 324 g/mol. The second-order valence-corrected chi connectivity index (χ2v) is 5.92. The molecular formula is C19H20N2O3. The van der Waals surface area contributed by atoms with E-state index in [0.717, 1.165) is 11.1 Å². The molecule has 2 N–H and O–H groups in total. The van der Waals surface area contributed by atoms with E-state index in [4.69, 9.17) is 4.74 Å². The number of nitrogens with one attached hydrogen (secondary N) is 2. The number of hydrogen-bond acceptors (Lipinski definition) is 3. The lowest BCUT2D eigenvalue weighted by Crippen LogP contribution is -2.24. The van der Waals surface area contributed by atoms with E-state index in [1.807, 2.05) is 31.2 Å². The Kier molecular flexibility index (Phi) is 4.79. The van der Waals surface area contributed by atoms with Crippen molar-refractivity contribution in [1.29, 1.82) is 0 Å². The maximum atomic E-state index is 12.1. The van der Waals surface area contributed by atoms with Gasteiger partial charge in [0, 0.05) is 6.54 Å². The molecule has 1 heterocycles. The number of fused-ring (bicyclic) bond motifs is 1. The summed E-state index contributed by atoms with van der Waals surface area (Å²) in [7, 11) is 0. The molecule has 2 amide bonds. The Morgan fingerprint density at radius 3 is 2.92 bits per heavy atom. The quantitative estimate of drug-likeness (QED) is 0.908. The smallest absolute Gasteiger partial charge is 0.227 e. The fourth-order valence-electron chi connectivity index (χ4n) is 2.65. The molecule has 1 aliphatic rings. The highest BCUT2D eigenvalue weighted by Gasteiger charge is 2.14. The Morgan fingerprint density at radius 2 is 2.08 bits per heavy atom. The van der Waals surface area contributed by atoms with Crippen molar-refractivity contribution in [2.24, 2.45) is 0 Å². The van der Waals surface area contributed by atoms with Gasteiger partial charge in [0.15, 0.2) is 0 Å². The van der Waals surface area contributed by atoms with Crippen LogP contribution in [0.1, 0.15) is 23.1 Å². The molecule has 24 heavy (non-hydrogen) atoms. The lowest BCUT2D eigenvalue weighted by atomic mass is 10.1. The Labute approximate surface area is 141 Å². The number of aryl methyl sites for hydroxylation is 1. The monoisotopic (exact) mass is 324 g/mol. The van der Waals surface area contributed by atoms with Gasteiger partial charge in [0.05, 0.1) is 25.1 Å². The number of rotatable bonds is 4. The van der Waals surface area contributed by atoms with E-state index in [2.05, 4.69) is 16.7 Å². The maximum Gasteiger partial charge on any atom is 0.227 e. The van der Waals surface area contributed by atoms with Gasteiger partial charge < -0.3 is 15.4 Å². The van der Waals surface area contributed by atoms with E-state index in [0.29, 0.717) is 31.0 Å². The highest BCUT2D eigenvalue weighted by molar-refractivity contribution is 5.93. The van der Waals surface area contributed by atoms with Gasteiger partial charge in [0.25, 0.3) is 0 Å². The SMILES string of the molecule is Cc1cccc(CNC(=O)Cc2ccc3c(c2)NC(=O)CCO3)c1. The molecule has 0 aromatic heterocycles. The van der Waals surface area contributed by atoms with Gasteiger partial charge in [-0.25, -0.2) is 0 Å². The van der Waals surface area contributed by atoms with Gasteiger partial charge in [0.1, 0.15) is 5.75 Å². The van der Waals surface area contributed by atoms with E-state index >= 15 is 0 Å². The van der Waals surface area contributed by atoms with E-state index in [1.165, 1.54) is 5.56 Å². The average Bonchev–Trinajstić information content (AvgIpc) is 2.73. The number of anilines is 1. The Morgan fingerprint density at radius 1 is 1.21 bits per heavy atom. The van der Waals surface area contributed by atoms with E-state index in [1.54, 1.807) is 12.1 Å². The van der Waals surface area contributed by atoms with Crippen LogP contribution in [0.5, 0.6) is 5.75 Å². The van der Waals surface area contributed by atoms with Crippen LogP contribution in [0.3, 0.4) is 0 Å². The molecule has 124 valence electrons. The third-order valence-electron chi connectivity index (χ3n) is 3.84. The first-order chi connectivity index (χ1) is 11.6. The highest BCUT2D eigenvalue weighted by Crippen LogP contribution is 2.28. The van der Waals surface area contributed by atoms with Crippen LogP contribution in [0.25, 0.3) is 0 Å². The fourth-order valence-corrected chi connectivity index (χ4v) is 2.65. The molecule has 0 aliphatic carbocycles. The van der Waals surface area contributed by atoms with Crippen LogP contribution >= 0.6 is 0 Å². The lowest BCUT2D eigenvalue weighted by Gasteiger charge is -2.10. The van der Waals surface area contributed by atoms with Crippen molar-refractivity contribution in [3.05, 3.63) is 59.2 Å². The molecular weight excluding hydrogens is 304 g/mol. The van der Waals surface area contributed by atoms with Crippen molar-refractivity contribution < 1.29 is 14.3 Å². The van der Waals surface area contributed by atoms with Crippen LogP contribution in [0.2, 0.25) is 0 Å². The first-order valence-corrected chi connectivity index (χ1v) is 7.98. The summed E-state index contributed by atoms with van der Waals surface area (Å²) in [6, 6.07) is 13.5. The van der Waals surface area contributed by atoms with Gasteiger partial charge in [-0.1, -0.05) is 35.9 Å². The van der Waals surface area contributed by atoms with Crippen molar-refractivity contribution in [3.63, 3.8) is 0 Å². The summed E-state index contributed by atoms with van der Waals surface area (Å²) >= 11 is 0. The third kappa shape index (κ3) is 4.13. The summed E-state index contributed by atoms with van der Waals surface area (Å²) in [6.07, 6.45) is 0.593. The largest absolute Gasteiger partial charge is 0.491 e. The summed E-state index contributed by atoms with van der Waals surface area (Å²) < 4.78 is 5.51. The van der Waals surface area contributed by atoms with Crippen molar-refractivity contribution in [2.45, 2.75) is 26.3 Å². The molecule has 5 nitrogen and oxygen atoms in total. The molecule has 0 bridgehead atoms. The van der Waals surface area contributed by atoms with Gasteiger partial charge in [-0.3, -0.25) is 9.59 Å². The molecule has 0 spiro atoms. The summed E-state index contributed by atoms with van der Waals surface area (Å²) in [6.45, 7) is 2.90. The van der Waals surface area contributed by atoms with Crippen LogP contribution in [0, 0.1) is 6.92 Å². The normalized spacial score (nSPS) is 13.3. The number of amides is 2. The van der Waals surface area contributed by atoms with E-state index in [-0.39, 0.29) is 18.2 Å². The summed E-state index contributed by atoms with van der Waals surface area (Å²) in [5.41, 5.74) is 3.71. The second-order valence-electron chi connectivity index (χ2n) is 5.92. The number of benzene rings is 2. The molecule has 0 saturated carbocycles. The summed E-state index contributed by atoms with van der Waals surface area (Å²) in [5.74, 6) is 0.511. The molecule has 0 radical (unpaired) electrons. The number of carbonyl (C=O) groups is 2. The van der Waals surface area contributed by atoms with Gasteiger partial charge in [-0.05, 0) is 30.2 Å². The zero-order valence-corrected chi connectivity index (χ0v) is 13.6. The maximum absolute atomic E-state index is 12.1. The molecule has 1 aliphatic heterocycles. The molecule has 0 unspecified atom stereocenters. The predicted octanol–water partition coefficient (Wildman–Crippen LogP) is 2.57. The molecule has 0 atom stereocenters. The molecule has 0 fully saturated rings. The van der Waals surface area contributed by atoms with Crippen molar-refractivity contribution in [2.75, 3.05) is 11.9 Å². The van der Waals surface area contributed by atoms with Crippen molar-refractivity contribution in [3.8, 4) is 5.75 Å². The van der Waals surface area contributed by atoms with Crippen molar-refractivity contribution in [1.82, 2.24) is 5.32 Å². The van der Waals surface area contributed by atoms with E-state index in [9.17, 15) is 9.59 Å². The molecule has 5 heteroatoms. The topological polar surface area (TPSA) is 67.4 Å². The van der Waals surface area contributed by atoms with Gasteiger partial charge in [0.2, 0.25) is 11.8 Å². The Balaban J connectivity index is 1.61. The minimum absolute atomic E-state index is 0.0580. The minimum Gasteiger partial charge on any atom is -0.491 e. The van der Waals surface area contributed by atoms with Crippen LogP contribution < -0.4 is 15.4 Å². The first kappa shape index (κ1) is 16.1. The standard InChI is InChI=1S/C19H20N2O3/c1-13-3-2-4-15(9-13)12-20-19(23)11-14-5-6-17-16(10-14)21-18(22)7-8-24-17/h2-6,9-10H,7-8,11-12H2,1H3,(H,20,23)(H,21,22). The Bertz CT molecular complexity index is 771. The number of ether oxygens (including phenoxy) is 1. The zero-order chi connectivity index (χ0) is 16.9. The lowest BCUT2D eigenvalue weighted by molar-refractivity contribution is -0.120. The third-order valence-corrected chi connectivity index (χ3v) is 3.84. The number of hydrogen-bond donors (Lipinski definition) is 2. The van der Waals surface area contributed by atoms with Crippen molar-refractivity contribution >= 4 is 17.5 Å². The van der Waals surface area contributed by atoms with E-state index < -0.39 is 0 Å². The number of carbonyl (C=O) groups excluding carboxylic acids is 2. The Hall–Kier alpha value is -2.82. The molecule has 2 aromatic rings.